The van der Waals surface area contributed by atoms with E-state index < -0.39 is 5.41 Å². The lowest BCUT2D eigenvalue weighted by Crippen LogP contribution is -2.57. The van der Waals surface area contributed by atoms with Gasteiger partial charge >= 0.3 is 0 Å². The van der Waals surface area contributed by atoms with Crippen LogP contribution >= 0.6 is 12.2 Å². The number of amides is 1. The van der Waals surface area contributed by atoms with Crippen LogP contribution in [-0.4, -0.2) is 28.9 Å². The average molecular weight is 256 g/mol. The van der Waals surface area contributed by atoms with Gasteiger partial charge in [-0.25, -0.2) is 0 Å². The molecule has 4 heteroatoms. The Morgan fingerprint density at radius 1 is 1.35 bits per heavy atom. The van der Waals surface area contributed by atoms with E-state index in [0.29, 0.717) is 10.9 Å². The van der Waals surface area contributed by atoms with Crippen molar-refractivity contribution in [3.05, 3.63) is 0 Å². The van der Waals surface area contributed by atoms with Crippen LogP contribution in [-0.2, 0) is 4.79 Å². The van der Waals surface area contributed by atoms with Gasteiger partial charge in [0.05, 0.1) is 10.4 Å². The third kappa shape index (κ3) is 2.79. The Hall–Kier alpha value is -0.640. The Morgan fingerprint density at radius 3 is 2.12 bits per heavy atom. The third-order valence-electron chi connectivity index (χ3n) is 3.55. The van der Waals surface area contributed by atoms with Gasteiger partial charge in [-0.1, -0.05) is 33.0 Å². The highest BCUT2D eigenvalue weighted by Gasteiger charge is 2.52. The summed E-state index contributed by atoms with van der Waals surface area (Å²) in [6, 6.07) is 0. The highest BCUT2D eigenvalue weighted by molar-refractivity contribution is 7.80. The first-order valence-electron chi connectivity index (χ1n) is 6.57. The molecule has 0 spiro atoms. The van der Waals surface area contributed by atoms with Crippen LogP contribution in [0.5, 0.6) is 0 Å². The summed E-state index contributed by atoms with van der Waals surface area (Å²) in [4.78, 5) is 14.9. The summed E-state index contributed by atoms with van der Waals surface area (Å²) in [5.41, 5.74) is 5.28. The lowest BCUT2D eigenvalue weighted by Gasteiger charge is -2.46. The lowest BCUT2D eigenvalue weighted by molar-refractivity contribution is -0.144. The number of hydrogen-bond acceptors (Lipinski definition) is 2. The molecule has 17 heavy (non-hydrogen) atoms. The number of hydrogen-bond donors (Lipinski definition) is 1. The van der Waals surface area contributed by atoms with Gasteiger partial charge in [0.15, 0.2) is 0 Å². The molecule has 1 aliphatic rings. The molecule has 0 aromatic rings. The zero-order chi connectivity index (χ0) is 13.1. The van der Waals surface area contributed by atoms with Gasteiger partial charge < -0.3 is 10.6 Å². The minimum absolute atomic E-state index is 0.159. The van der Waals surface area contributed by atoms with Crippen molar-refractivity contribution in [2.24, 2.45) is 17.1 Å². The fraction of sp³-hybridized carbons (Fsp3) is 0.846. The highest BCUT2D eigenvalue weighted by atomic mass is 32.1. The molecule has 1 fully saturated rings. The largest absolute Gasteiger partial charge is 0.392 e. The van der Waals surface area contributed by atoms with E-state index in [2.05, 4.69) is 20.8 Å². The molecule has 1 rings (SSSR count). The second-order valence-corrected chi connectivity index (χ2v) is 5.69. The third-order valence-corrected chi connectivity index (χ3v) is 3.94. The standard InChI is InChI=1S/C13H24N2OS/c1-4-6-15(7-5-2)12(16)13(11(14)17)8-10(3)9-13/h10H,4-9H2,1-3H3,(H2,14,17). The SMILES string of the molecule is CCCN(CCC)C(=O)C1(C(N)=S)CC(C)C1. The molecule has 2 N–H and O–H groups in total. The minimum atomic E-state index is -0.529. The van der Waals surface area contributed by atoms with E-state index in [0.717, 1.165) is 38.8 Å². The first-order valence-corrected chi connectivity index (χ1v) is 6.98. The van der Waals surface area contributed by atoms with Crippen molar-refractivity contribution in [3.63, 3.8) is 0 Å². The Labute approximate surface area is 110 Å². The van der Waals surface area contributed by atoms with Gasteiger partial charge in [0.25, 0.3) is 0 Å². The Morgan fingerprint density at radius 2 is 1.82 bits per heavy atom. The quantitative estimate of drug-likeness (QED) is 0.742. The maximum atomic E-state index is 12.6. The van der Waals surface area contributed by atoms with Gasteiger partial charge in [0.2, 0.25) is 5.91 Å². The molecule has 0 atom stereocenters. The molecule has 0 aromatic carbocycles. The number of rotatable bonds is 6. The Kier molecular flexibility index (Phi) is 4.92. The van der Waals surface area contributed by atoms with Crippen molar-refractivity contribution in [2.75, 3.05) is 13.1 Å². The zero-order valence-electron chi connectivity index (χ0n) is 11.2. The fourth-order valence-corrected chi connectivity index (χ4v) is 3.02. The fourth-order valence-electron chi connectivity index (χ4n) is 2.77. The number of carbonyl (C=O) groups excluding carboxylic acids is 1. The molecule has 0 bridgehead atoms. The summed E-state index contributed by atoms with van der Waals surface area (Å²) in [6.07, 6.45) is 3.61. The van der Waals surface area contributed by atoms with Gasteiger partial charge in [0.1, 0.15) is 0 Å². The van der Waals surface area contributed by atoms with Gasteiger partial charge in [0, 0.05) is 13.1 Å². The van der Waals surface area contributed by atoms with Crippen molar-refractivity contribution in [3.8, 4) is 0 Å². The first kappa shape index (κ1) is 14.4. The van der Waals surface area contributed by atoms with E-state index in [1.165, 1.54) is 0 Å². The predicted molar refractivity (Wildman–Crippen MR) is 74.8 cm³/mol. The summed E-state index contributed by atoms with van der Waals surface area (Å²) >= 11 is 5.13. The lowest BCUT2D eigenvalue weighted by atomic mass is 9.61. The van der Waals surface area contributed by atoms with Crippen LogP contribution in [0.4, 0.5) is 0 Å². The van der Waals surface area contributed by atoms with Crippen molar-refractivity contribution >= 4 is 23.1 Å². The van der Waals surface area contributed by atoms with E-state index in [9.17, 15) is 4.79 Å². The monoisotopic (exact) mass is 256 g/mol. The second kappa shape index (κ2) is 5.80. The van der Waals surface area contributed by atoms with Gasteiger partial charge in [-0.15, -0.1) is 0 Å². The number of carbonyl (C=O) groups is 1. The maximum Gasteiger partial charge on any atom is 0.235 e. The van der Waals surface area contributed by atoms with Crippen molar-refractivity contribution in [1.82, 2.24) is 4.90 Å². The van der Waals surface area contributed by atoms with Crippen LogP contribution < -0.4 is 5.73 Å². The van der Waals surface area contributed by atoms with Crippen LogP contribution in [0.2, 0.25) is 0 Å². The summed E-state index contributed by atoms with van der Waals surface area (Å²) in [7, 11) is 0. The summed E-state index contributed by atoms with van der Waals surface area (Å²) < 4.78 is 0. The van der Waals surface area contributed by atoms with Crippen molar-refractivity contribution in [1.29, 1.82) is 0 Å². The summed E-state index contributed by atoms with van der Waals surface area (Å²) in [6.45, 7) is 7.95. The topological polar surface area (TPSA) is 46.3 Å². The van der Waals surface area contributed by atoms with E-state index in [1.54, 1.807) is 0 Å². The molecule has 0 aromatic heterocycles. The molecule has 1 saturated carbocycles. The molecule has 1 amide bonds. The van der Waals surface area contributed by atoms with Crippen molar-refractivity contribution in [2.45, 2.75) is 46.5 Å². The van der Waals surface area contributed by atoms with Crippen LogP contribution in [0.25, 0.3) is 0 Å². The zero-order valence-corrected chi connectivity index (χ0v) is 12.0. The Balaban J connectivity index is 2.80. The molecule has 98 valence electrons. The van der Waals surface area contributed by atoms with Crippen LogP contribution in [0.1, 0.15) is 46.5 Å². The van der Waals surface area contributed by atoms with Gasteiger partial charge in [-0.2, -0.15) is 0 Å². The molecular weight excluding hydrogens is 232 g/mol. The smallest absolute Gasteiger partial charge is 0.235 e. The summed E-state index contributed by atoms with van der Waals surface area (Å²) in [5, 5.41) is 0. The molecule has 1 aliphatic carbocycles. The molecule has 0 heterocycles. The molecule has 0 saturated heterocycles. The molecule has 3 nitrogen and oxygen atoms in total. The van der Waals surface area contributed by atoms with Crippen LogP contribution in [0, 0.1) is 11.3 Å². The molecule has 0 unspecified atom stereocenters. The highest BCUT2D eigenvalue weighted by Crippen LogP contribution is 2.47. The van der Waals surface area contributed by atoms with Crippen LogP contribution in [0.15, 0.2) is 0 Å². The summed E-state index contributed by atoms with van der Waals surface area (Å²) in [5.74, 6) is 0.720. The molecule has 0 aliphatic heterocycles. The molecular formula is C13H24N2OS. The van der Waals surface area contributed by atoms with Gasteiger partial charge in [-0.05, 0) is 31.6 Å². The second-order valence-electron chi connectivity index (χ2n) is 5.25. The average Bonchev–Trinajstić information content (AvgIpc) is 2.23. The predicted octanol–water partition coefficient (Wildman–Crippen LogP) is 2.34. The number of thiocarbonyl (C=S) groups is 1. The minimum Gasteiger partial charge on any atom is -0.392 e. The van der Waals surface area contributed by atoms with E-state index >= 15 is 0 Å². The normalized spacial score (nSPS) is 27.4. The van der Waals surface area contributed by atoms with Crippen molar-refractivity contribution < 1.29 is 4.79 Å². The van der Waals surface area contributed by atoms with Gasteiger partial charge in [-0.3, -0.25) is 4.79 Å². The Bertz CT molecular complexity index is 292. The van der Waals surface area contributed by atoms with Crippen LogP contribution in [0.3, 0.4) is 0 Å². The molecule has 0 radical (unpaired) electrons. The number of nitrogens with zero attached hydrogens (tertiary/aromatic N) is 1. The van der Waals surface area contributed by atoms with E-state index in [-0.39, 0.29) is 5.91 Å². The van der Waals surface area contributed by atoms with E-state index in [4.69, 9.17) is 18.0 Å². The maximum absolute atomic E-state index is 12.6. The first-order chi connectivity index (χ1) is 7.97. The van der Waals surface area contributed by atoms with E-state index in [1.807, 2.05) is 4.90 Å². The number of nitrogens with two attached hydrogens (primary N) is 1.